The second-order valence-electron chi connectivity index (χ2n) is 3.22. The molecule has 2 heterocycles. The van der Waals surface area contributed by atoms with Crippen LogP contribution in [0.5, 0.6) is 0 Å². The molecule has 68 valence electrons. The van der Waals surface area contributed by atoms with Gasteiger partial charge in [0.2, 0.25) is 5.78 Å². The molecule has 0 fully saturated rings. The van der Waals surface area contributed by atoms with Gasteiger partial charge in [0.15, 0.2) is 0 Å². The number of imidazole rings is 1. The van der Waals surface area contributed by atoms with E-state index in [9.17, 15) is 0 Å². The zero-order valence-corrected chi connectivity index (χ0v) is 7.60. The van der Waals surface area contributed by atoms with Crippen molar-refractivity contribution < 1.29 is 0 Å². The van der Waals surface area contributed by atoms with Crippen LogP contribution in [-0.2, 0) is 0 Å². The van der Waals surface area contributed by atoms with Gasteiger partial charge in [-0.1, -0.05) is 13.8 Å². The lowest BCUT2D eigenvalue weighted by Crippen LogP contribution is -1.99. The molecule has 2 N–H and O–H groups in total. The van der Waals surface area contributed by atoms with Gasteiger partial charge in [-0.05, 0) is 5.92 Å². The van der Waals surface area contributed by atoms with E-state index in [0.29, 0.717) is 17.5 Å². The summed E-state index contributed by atoms with van der Waals surface area (Å²) in [5.41, 5.74) is 6.72. The highest BCUT2D eigenvalue weighted by Crippen LogP contribution is 2.21. The number of hydrogen-bond donors (Lipinski definition) is 1. The van der Waals surface area contributed by atoms with E-state index in [1.54, 1.807) is 6.33 Å². The first-order chi connectivity index (χ1) is 6.20. The molecule has 0 aliphatic rings. The highest BCUT2D eigenvalue weighted by molar-refractivity contribution is 5.47. The number of nitrogens with zero attached hydrogens (tertiary/aromatic N) is 4. The van der Waals surface area contributed by atoms with Crippen LogP contribution in [0.1, 0.15) is 25.5 Å². The van der Waals surface area contributed by atoms with Crippen LogP contribution in [0.15, 0.2) is 12.7 Å². The van der Waals surface area contributed by atoms with Crippen LogP contribution in [0, 0.1) is 0 Å². The number of rotatable bonds is 1. The van der Waals surface area contributed by atoms with Gasteiger partial charge in [-0.25, -0.2) is 9.97 Å². The molecule has 0 saturated carbocycles. The Hall–Kier alpha value is -1.65. The van der Waals surface area contributed by atoms with Crippen molar-refractivity contribution in [3.8, 4) is 0 Å². The first-order valence-electron chi connectivity index (χ1n) is 4.13. The number of hydrogen-bond acceptors (Lipinski definition) is 4. The van der Waals surface area contributed by atoms with Gasteiger partial charge in [-0.15, -0.1) is 0 Å². The summed E-state index contributed by atoms with van der Waals surface area (Å²) in [5.74, 6) is 1.47. The van der Waals surface area contributed by atoms with E-state index in [1.807, 2.05) is 4.40 Å². The smallest absolute Gasteiger partial charge is 0.238 e. The van der Waals surface area contributed by atoms with Crippen LogP contribution in [-0.4, -0.2) is 19.4 Å². The number of aromatic nitrogens is 4. The molecule has 0 amide bonds. The van der Waals surface area contributed by atoms with E-state index in [4.69, 9.17) is 5.73 Å². The Bertz CT molecular complexity index is 431. The number of nitrogens with two attached hydrogens (primary N) is 1. The van der Waals surface area contributed by atoms with Crippen molar-refractivity contribution >= 4 is 11.6 Å². The summed E-state index contributed by atoms with van der Waals surface area (Å²) in [6.45, 7) is 4.12. The fourth-order valence-corrected chi connectivity index (χ4v) is 1.41. The highest BCUT2D eigenvalue weighted by Gasteiger charge is 2.12. The minimum Gasteiger partial charge on any atom is -0.382 e. The Morgan fingerprint density at radius 2 is 2.23 bits per heavy atom. The lowest BCUT2D eigenvalue weighted by atomic mass is 10.1. The van der Waals surface area contributed by atoms with Gasteiger partial charge >= 0.3 is 0 Å². The van der Waals surface area contributed by atoms with E-state index in [-0.39, 0.29) is 0 Å². The maximum Gasteiger partial charge on any atom is 0.238 e. The highest BCUT2D eigenvalue weighted by atomic mass is 15.2. The predicted molar refractivity (Wildman–Crippen MR) is 49.3 cm³/mol. The summed E-state index contributed by atoms with van der Waals surface area (Å²) >= 11 is 0. The van der Waals surface area contributed by atoms with Gasteiger partial charge in [0, 0.05) is 0 Å². The summed E-state index contributed by atoms with van der Waals surface area (Å²) < 4.78 is 1.82. The summed E-state index contributed by atoms with van der Waals surface area (Å²) in [7, 11) is 0. The maximum absolute atomic E-state index is 5.75. The third-order valence-corrected chi connectivity index (χ3v) is 1.93. The van der Waals surface area contributed by atoms with Crippen LogP contribution in [0.2, 0.25) is 0 Å². The standard InChI is InChI=1S/C8H11N5/c1-5(2)6-7(9)12-8-11-3-10-4-13(6)8/h3-5H,9H2,1-2H3. The minimum absolute atomic E-state index is 0.320. The fraction of sp³-hybridized carbons (Fsp3) is 0.375. The van der Waals surface area contributed by atoms with Gasteiger partial charge in [-0.3, -0.25) is 4.40 Å². The van der Waals surface area contributed by atoms with Crippen molar-refractivity contribution in [1.29, 1.82) is 0 Å². The van der Waals surface area contributed by atoms with Crippen molar-refractivity contribution in [3.63, 3.8) is 0 Å². The number of anilines is 1. The molecule has 5 heteroatoms. The number of fused-ring (bicyclic) bond motifs is 1. The van der Waals surface area contributed by atoms with Crippen LogP contribution in [0.25, 0.3) is 5.78 Å². The van der Waals surface area contributed by atoms with Crippen LogP contribution >= 0.6 is 0 Å². The van der Waals surface area contributed by atoms with Gasteiger partial charge in [0.25, 0.3) is 0 Å². The average Bonchev–Trinajstić information content (AvgIpc) is 2.39. The molecule has 5 nitrogen and oxygen atoms in total. The molecule has 0 spiro atoms. The lowest BCUT2D eigenvalue weighted by Gasteiger charge is -2.03. The van der Waals surface area contributed by atoms with Crippen molar-refractivity contribution in [1.82, 2.24) is 19.4 Å². The predicted octanol–water partition coefficient (Wildman–Crippen LogP) is 0.830. The second kappa shape index (κ2) is 2.69. The maximum atomic E-state index is 5.75. The molecule has 0 saturated heterocycles. The summed E-state index contributed by atoms with van der Waals surface area (Å²) in [4.78, 5) is 12.1. The molecule has 0 aliphatic carbocycles. The summed E-state index contributed by atoms with van der Waals surface area (Å²) in [5, 5.41) is 0. The molecule has 0 unspecified atom stereocenters. The summed E-state index contributed by atoms with van der Waals surface area (Å²) in [6.07, 6.45) is 3.15. The van der Waals surface area contributed by atoms with Crippen LogP contribution < -0.4 is 5.73 Å². The van der Waals surface area contributed by atoms with E-state index in [2.05, 4.69) is 28.8 Å². The molecule has 0 radical (unpaired) electrons. The Balaban J connectivity index is 2.78. The SMILES string of the molecule is CC(C)c1c(N)nc2ncncn12. The Morgan fingerprint density at radius 1 is 1.46 bits per heavy atom. The molecule has 0 aliphatic heterocycles. The van der Waals surface area contributed by atoms with Crippen molar-refractivity contribution in [3.05, 3.63) is 18.3 Å². The zero-order valence-electron chi connectivity index (χ0n) is 7.60. The topological polar surface area (TPSA) is 69.1 Å². The summed E-state index contributed by atoms with van der Waals surface area (Å²) in [6, 6.07) is 0. The Morgan fingerprint density at radius 3 is 2.92 bits per heavy atom. The molecule has 2 rings (SSSR count). The van der Waals surface area contributed by atoms with Crippen molar-refractivity contribution in [2.24, 2.45) is 0 Å². The third-order valence-electron chi connectivity index (χ3n) is 1.93. The number of nitrogen functional groups attached to an aromatic ring is 1. The van der Waals surface area contributed by atoms with Crippen molar-refractivity contribution in [2.45, 2.75) is 19.8 Å². The van der Waals surface area contributed by atoms with E-state index >= 15 is 0 Å². The van der Waals surface area contributed by atoms with Gasteiger partial charge in [-0.2, -0.15) is 4.98 Å². The third kappa shape index (κ3) is 1.12. The van der Waals surface area contributed by atoms with Crippen LogP contribution in [0.4, 0.5) is 5.82 Å². The lowest BCUT2D eigenvalue weighted by molar-refractivity contribution is 0.799. The Labute approximate surface area is 75.6 Å². The molecule has 13 heavy (non-hydrogen) atoms. The first kappa shape index (κ1) is 7.97. The Kier molecular flexibility index (Phi) is 1.65. The molecule has 0 atom stereocenters. The second-order valence-corrected chi connectivity index (χ2v) is 3.22. The van der Waals surface area contributed by atoms with Crippen LogP contribution in [0.3, 0.4) is 0 Å². The zero-order chi connectivity index (χ0) is 9.42. The van der Waals surface area contributed by atoms with Gasteiger partial charge in [0.1, 0.15) is 18.5 Å². The molecule has 2 aromatic rings. The molecule has 2 aromatic heterocycles. The quantitative estimate of drug-likeness (QED) is 0.700. The van der Waals surface area contributed by atoms with Gasteiger partial charge in [0.05, 0.1) is 5.69 Å². The normalized spacial score (nSPS) is 11.3. The minimum atomic E-state index is 0.320. The van der Waals surface area contributed by atoms with Gasteiger partial charge < -0.3 is 5.73 Å². The van der Waals surface area contributed by atoms with E-state index < -0.39 is 0 Å². The molecular weight excluding hydrogens is 166 g/mol. The van der Waals surface area contributed by atoms with E-state index in [0.717, 1.165) is 5.69 Å². The molecule has 0 aromatic carbocycles. The van der Waals surface area contributed by atoms with Crippen molar-refractivity contribution in [2.75, 3.05) is 5.73 Å². The fourth-order valence-electron chi connectivity index (χ4n) is 1.41. The molecule has 0 bridgehead atoms. The van der Waals surface area contributed by atoms with E-state index in [1.165, 1.54) is 6.33 Å². The largest absolute Gasteiger partial charge is 0.382 e. The monoisotopic (exact) mass is 177 g/mol. The molecular formula is C8H11N5. The first-order valence-corrected chi connectivity index (χ1v) is 4.13. The average molecular weight is 177 g/mol.